The minimum absolute atomic E-state index is 0.351. The fraction of sp³-hybridized carbons (Fsp3) is 0.583. The van der Waals surface area contributed by atoms with Crippen molar-refractivity contribution in [3.63, 3.8) is 0 Å². The lowest BCUT2D eigenvalue weighted by molar-refractivity contribution is 0.00578. The fourth-order valence-electron chi connectivity index (χ4n) is 1.80. The number of nitrogens with two attached hydrogens (primary N) is 1. The summed E-state index contributed by atoms with van der Waals surface area (Å²) in [6, 6.07) is 1.93. The Morgan fingerprint density at radius 3 is 2.28 bits per heavy atom. The first-order chi connectivity index (χ1) is 8.23. The van der Waals surface area contributed by atoms with Crippen LogP contribution in [0.2, 0.25) is 0 Å². The zero-order valence-electron chi connectivity index (χ0n) is 11.1. The quantitative estimate of drug-likeness (QED) is 0.852. The van der Waals surface area contributed by atoms with Gasteiger partial charge in [-0.1, -0.05) is 0 Å². The summed E-state index contributed by atoms with van der Waals surface area (Å²) in [4.78, 5) is 4.11. The van der Waals surface area contributed by atoms with E-state index in [1.165, 1.54) is 0 Å². The lowest BCUT2D eigenvalue weighted by atomic mass is 9.75. The Balaban J connectivity index is 2.20. The van der Waals surface area contributed by atoms with Gasteiger partial charge in [0.2, 0.25) is 0 Å². The molecule has 2 heterocycles. The molecule has 0 unspecified atom stereocenters. The third-order valence-electron chi connectivity index (χ3n) is 3.68. The van der Waals surface area contributed by atoms with Gasteiger partial charge in [-0.15, -0.1) is 0 Å². The SMILES string of the molecule is CC1(C)OB([C@@H](N)c2cncc(Br)c2)OC1(C)C. The Bertz CT molecular complexity index is 437. The lowest BCUT2D eigenvalue weighted by Crippen LogP contribution is -2.41. The van der Waals surface area contributed by atoms with E-state index < -0.39 is 7.12 Å². The number of nitrogens with zero attached hydrogens (tertiary/aromatic N) is 1. The molecule has 0 radical (unpaired) electrons. The summed E-state index contributed by atoms with van der Waals surface area (Å²) in [6.07, 6.45) is 3.46. The molecule has 2 rings (SSSR count). The molecule has 0 saturated carbocycles. The molecule has 1 aromatic heterocycles. The summed E-state index contributed by atoms with van der Waals surface area (Å²) in [5.74, 6) is -0.351. The Kier molecular flexibility index (Phi) is 3.57. The van der Waals surface area contributed by atoms with Gasteiger partial charge in [-0.2, -0.15) is 0 Å². The van der Waals surface area contributed by atoms with E-state index in [0.717, 1.165) is 10.0 Å². The number of hydrogen-bond donors (Lipinski definition) is 1. The van der Waals surface area contributed by atoms with Crippen LogP contribution >= 0.6 is 15.9 Å². The monoisotopic (exact) mass is 312 g/mol. The van der Waals surface area contributed by atoms with Gasteiger partial charge in [0.15, 0.2) is 0 Å². The van der Waals surface area contributed by atoms with Crippen molar-refractivity contribution in [1.82, 2.24) is 4.98 Å². The van der Waals surface area contributed by atoms with Crippen molar-refractivity contribution < 1.29 is 9.31 Å². The third kappa shape index (κ3) is 2.47. The van der Waals surface area contributed by atoms with Crippen molar-refractivity contribution in [2.45, 2.75) is 44.8 Å². The topological polar surface area (TPSA) is 57.4 Å². The van der Waals surface area contributed by atoms with Gasteiger partial charge in [-0.05, 0) is 55.3 Å². The number of aromatic nitrogens is 1. The van der Waals surface area contributed by atoms with Crippen LogP contribution in [0, 0.1) is 0 Å². The Labute approximate surface area is 117 Å². The minimum atomic E-state index is -0.453. The van der Waals surface area contributed by atoms with E-state index in [2.05, 4.69) is 20.9 Å². The summed E-state index contributed by atoms with van der Waals surface area (Å²) in [5, 5.41) is 0. The van der Waals surface area contributed by atoms with Gasteiger partial charge < -0.3 is 15.0 Å². The smallest absolute Gasteiger partial charge is 0.402 e. The highest BCUT2D eigenvalue weighted by Crippen LogP contribution is 2.39. The molecule has 1 saturated heterocycles. The normalized spacial score (nSPS) is 23.1. The van der Waals surface area contributed by atoms with Gasteiger partial charge in [-0.25, -0.2) is 0 Å². The molecule has 1 aliphatic rings. The fourth-order valence-corrected chi connectivity index (χ4v) is 2.19. The van der Waals surface area contributed by atoms with Crippen molar-refractivity contribution in [3.05, 3.63) is 28.5 Å². The molecule has 1 atom stereocenters. The molecule has 2 N–H and O–H groups in total. The predicted octanol–water partition coefficient (Wildman–Crippen LogP) is 2.48. The van der Waals surface area contributed by atoms with Crippen LogP contribution in [0.15, 0.2) is 22.9 Å². The minimum Gasteiger partial charge on any atom is -0.402 e. The van der Waals surface area contributed by atoms with Gasteiger partial charge in [0.1, 0.15) is 0 Å². The van der Waals surface area contributed by atoms with Crippen LogP contribution in [0.1, 0.15) is 39.2 Å². The van der Waals surface area contributed by atoms with Crippen LogP contribution in [0.25, 0.3) is 0 Å². The van der Waals surface area contributed by atoms with Gasteiger partial charge in [-0.3, -0.25) is 4.98 Å². The molecule has 0 aromatic carbocycles. The summed E-state index contributed by atoms with van der Waals surface area (Å²) < 4.78 is 12.8. The second-order valence-electron chi connectivity index (χ2n) is 5.59. The molecule has 0 aliphatic carbocycles. The van der Waals surface area contributed by atoms with Crippen LogP contribution in [0.4, 0.5) is 0 Å². The number of hydrogen-bond acceptors (Lipinski definition) is 4. The first kappa shape index (κ1) is 14.0. The van der Waals surface area contributed by atoms with E-state index in [0.29, 0.717) is 0 Å². The highest BCUT2D eigenvalue weighted by molar-refractivity contribution is 9.10. The zero-order chi connectivity index (χ0) is 13.6. The van der Waals surface area contributed by atoms with Crippen molar-refractivity contribution in [3.8, 4) is 0 Å². The maximum Gasteiger partial charge on any atom is 0.480 e. The summed E-state index contributed by atoms with van der Waals surface area (Å²) >= 11 is 3.38. The molecular weight excluding hydrogens is 295 g/mol. The van der Waals surface area contributed by atoms with E-state index in [9.17, 15) is 0 Å². The van der Waals surface area contributed by atoms with Crippen molar-refractivity contribution >= 4 is 23.0 Å². The van der Waals surface area contributed by atoms with Gasteiger partial charge in [0.05, 0.1) is 17.1 Å². The first-order valence-electron chi connectivity index (χ1n) is 5.95. The molecule has 18 heavy (non-hydrogen) atoms. The first-order valence-corrected chi connectivity index (χ1v) is 6.74. The number of halogens is 1. The summed E-state index contributed by atoms with van der Waals surface area (Å²) in [5.41, 5.74) is 6.36. The summed E-state index contributed by atoms with van der Waals surface area (Å²) in [6.45, 7) is 8.05. The predicted molar refractivity (Wildman–Crippen MR) is 74.9 cm³/mol. The molecule has 4 nitrogen and oxygen atoms in total. The maximum atomic E-state index is 6.20. The van der Waals surface area contributed by atoms with Crippen molar-refractivity contribution in [2.75, 3.05) is 0 Å². The average molecular weight is 313 g/mol. The molecule has 0 amide bonds. The molecule has 1 aromatic rings. The molecule has 1 fully saturated rings. The second kappa shape index (κ2) is 4.60. The van der Waals surface area contributed by atoms with Gasteiger partial charge in [0.25, 0.3) is 0 Å². The summed E-state index contributed by atoms with van der Waals surface area (Å²) in [7, 11) is -0.453. The van der Waals surface area contributed by atoms with Crippen molar-refractivity contribution in [1.29, 1.82) is 0 Å². The van der Waals surface area contributed by atoms with Gasteiger partial charge >= 0.3 is 7.12 Å². The third-order valence-corrected chi connectivity index (χ3v) is 4.11. The van der Waals surface area contributed by atoms with Crippen molar-refractivity contribution in [2.24, 2.45) is 5.73 Å². The van der Waals surface area contributed by atoms with Crippen LogP contribution in [0.5, 0.6) is 0 Å². The van der Waals surface area contributed by atoms with Crippen LogP contribution in [0.3, 0.4) is 0 Å². The molecule has 0 spiro atoms. The van der Waals surface area contributed by atoms with E-state index in [4.69, 9.17) is 15.0 Å². The zero-order valence-corrected chi connectivity index (χ0v) is 12.7. The number of pyridine rings is 1. The van der Waals surface area contributed by atoms with Crippen LogP contribution < -0.4 is 5.73 Å². The molecular formula is C12H18BBrN2O2. The standard InChI is InChI=1S/C12H18BBrN2O2/c1-11(2)12(3,4)18-13(17-11)10(15)8-5-9(14)7-16-6-8/h5-7,10H,15H2,1-4H3/t10-/m0/s1. The highest BCUT2D eigenvalue weighted by atomic mass is 79.9. The van der Waals surface area contributed by atoms with E-state index in [-0.39, 0.29) is 17.1 Å². The Morgan fingerprint density at radius 2 is 1.78 bits per heavy atom. The molecule has 1 aliphatic heterocycles. The Morgan fingerprint density at radius 1 is 1.22 bits per heavy atom. The molecule has 0 bridgehead atoms. The lowest BCUT2D eigenvalue weighted by Gasteiger charge is -2.32. The second-order valence-corrected chi connectivity index (χ2v) is 6.50. The maximum absolute atomic E-state index is 6.20. The van der Waals surface area contributed by atoms with Crippen LogP contribution in [-0.2, 0) is 9.31 Å². The van der Waals surface area contributed by atoms with Crippen LogP contribution in [-0.4, -0.2) is 23.3 Å². The van der Waals surface area contributed by atoms with E-state index in [1.54, 1.807) is 12.4 Å². The van der Waals surface area contributed by atoms with Gasteiger partial charge in [0, 0.05) is 16.9 Å². The van der Waals surface area contributed by atoms with E-state index >= 15 is 0 Å². The largest absolute Gasteiger partial charge is 0.480 e. The Hall–Kier alpha value is -0.425. The number of rotatable bonds is 2. The highest BCUT2D eigenvalue weighted by Gasteiger charge is 2.53. The molecule has 6 heteroatoms. The molecule has 98 valence electrons. The van der Waals surface area contributed by atoms with E-state index in [1.807, 2.05) is 33.8 Å². The average Bonchev–Trinajstić information content (AvgIpc) is 2.47.